The van der Waals surface area contributed by atoms with E-state index in [4.69, 9.17) is 14.5 Å². The van der Waals surface area contributed by atoms with Crippen LogP contribution >= 0.6 is 0 Å². The Hall–Kier alpha value is -3.23. The molecule has 1 atom stereocenters. The third-order valence-electron chi connectivity index (χ3n) is 6.89. The van der Waals surface area contributed by atoms with Crippen LogP contribution in [0.1, 0.15) is 32.4 Å². The summed E-state index contributed by atoms with van der Waals surface area (Å²) >= 11 is 0. The lowest BCUT2D eigenvalue weighted by molar-refractivity contribution is -0.140. The molecular formula is C26H30N6O2. The van der Waals surface area contributed by atoms with Gasteiger partial charge in [-0.2, -0.15) is 0 Å². The van der Waals surface area contributed by atoms with Crippen molar-refractivity contribution in [1.82, 2.24) is 20.3 Å². The first-order valence-electron chi connectivity index (χ1n) is 12.0. The molecule has 176 valence electrons. The summed E-state index contributed by atoms with van der Waals surface area (Å²) in [7, 11) is 0. The molecule has 3 aliphatic rings. The van der Waals surface area contributed by atoms with Gasteiger partial charge in [0, 0.05) is 73.9 Å². The van der Waals surface area contributed by atoms with Gasteiger partial charge in [-0.15, -0.1) is 0 Å². The fourth-order valence-corrected chi connectivity index (χ4v) is 5.31. The maximum Gasteiger partial charge on any atom is 0.227 e. The Balaban J connectivity index is 1.33. The molecule has 2 aromatic heterocycles. The number of piperazine rings is 1. The molecule has 0 unspecified atom stereocenters. The van der Waals surface area contributed by atoms with E-state index in [1.165, 1.54) is 5.69 Å². The third kappa shape index (κ3) is 3.86. The number of nitrogens with one attached hydrogen (secondary N) is 2. The Morgan fingerprint density at radius 2 is 1.85 bits per heavy atom. The Labute approximate surface area is 199 Å². The monoisotopic (exact) mass is 458 g/mol. The largest absolute Gasteiger partial charge is 0.464 e. The summed E-state index contributed by atoms with van der Waals surface area (Å²) < 4.78 is 12.6. The molecule has 3 aromatic rings. The molecule has 34 heavy (non-hydrogen) atoms. The molecule has 1 spiro atoms. The van der Waals surface area contributed by atoms with Gasteiger partial charge in [0.05, 0.1) is 17.9 Å². The summed E-state index contributed by atoms with van der Waals surface area (Å²) in [5.41, 5.74) is 4.09. The first-order chi connectivity index (χ1) is 16.5. The van der Waals surface area contributed by atoms with Crippen molar-refractivity contribution in [2.75, 3.05) is 43.0 Å². The summed E-state index contributed by atoms with van der Waals surface area (Å²) in [5, 5.41) is 6.79. The molecule has 0 aliphatic carbocycles. The normalized spacial score (nSPS) is 23.1. The summed E-state index contributed by atoms with van der Waals surface area (Å²) in [6, 6.07) is 12.4. The number of hydrogen-bond donors (Lipinski definition) is 2. The summed E-state index contributed by atoms with van der Waals surface area (Å²) in [6.07, 6.45) is 5.07. The molecule has 6 rings (SSSR count). The van der Waals surface area contributed by atoms with E-state index >= 15 is 0 Å². The topological polar surface area (TPSA) is 84.4 Å². The first kappa shape index (κ1) is 21.3. The van der Waals surface area contributed by atoms with Crippen LogP contribution in [0.3, 0.4) is 0 Å². The van der Waals surface area contributed by atoms with E-state index in [0.717, 1.165) is 55.1 Å². The number of fused-ring (bicyclic) bond motifs is 4. The van der Waals surface area contributed by atoms with Crippen LogP contribution in [0, 0.1) is 0 Å². The highest BCUT2D eigenvalue weighted by atomic mass is 16.5. The minimum absolute atomic E-state index is 0.319. The second-order valence-corrected chi connectivity index (χ2v) is 9.85. The standard InChI is InChI=1S/C26H30N6O2/c1-25(2)17-26(9-15-33-25)22-21(20-4-3-10-28-23(20)34-26)16-29-24(31-22)30-18-5-7-19(8-6-18)32-13-11-27-12-14-32/h3-8,10,16,27H,9,11-15,17H2,1-2H3,(H,29,30,31)/t26-/m0/s1. The van der Waals surface area contributed by atoms with E-state index in [9.17, 15) is 0 Å². The number of hydrogen-bond acceptors (Lipinski definition) is 8. The van der Waals surface area contributed by atoms with E-state index in [-0.39, 0.29) is 5.60 Å². The lowest BCUT2D eigenvalue weighted by atomic mass is 9.78. The molecule has 3 aliphatic heterocycles. The van der Waals surface area contributed by atoms with Gasteiger partial charge in [0.1, 0.15) is 0 Å². The van der Waals surface area contributed by atoms with Crippen molar-refractivity contribution in [3.05, 3.63) is 54.5 Å². The Kier molecular flexibility index (Phi) is 5.15. The number of ether oxygens (including phenoxy) is 2. The van der Waals surface area contributed by atoms with Gasteiger partial charge in [0.15, 0.2) is 5.60 Å². The van der Waals surface area contributed by atoms with Crippen LogP contribution in [0.2, 0.25) is 0 Å². The van der Waals surface area contributed by atoms with E-state index in [2.05, 4.69) is 63.6 Å². The molecule has 2 N–H and O–H groups in total. The molecular weight excluding hydrogens is 428 g/mol. The summed E-state index contributed by atoms with van der Waals surface area (Å²) in [4.78, 5) is 16.6. The van der Waals surface area contributed by atoms with Gasteiger partial charge in [-0.25, -0.2) is 15.0 Å². The van der Waals surface area contributed by atoms with Crippen LogP contribution in [0.25, 0.3) is 11.1 Å². The molecule has 2 fully saturated rings. The van der Waals surface area contributed by atoms with Crippen molar-refractivity contribution in [3.8, 4) is 17.0 Å². The highest BCUT2D eigenvalue weighted by Crippen LogP contribution is 2.50. The van der Waals surface area contributed by atoms with Crippen molar-refractivity contribution in [3.63, 3.8) is 0 Å². The highest BCUT2D eigenvalue weighted by molar-refractivity contribution is 5.74. The van der Waals surface area contributed by atoms with Crippen LogP contribution in [-0.4, -0.2) is 53.3 Å². The maximum atomic E-state index is 6.59. The molecule has 8 heteroatoms. The quantitative estimate of drug-likeness (QED) is 0.612. The van der Waals surface area contributed by atoms with E-state index < -0.39 is 5.60 Å². The maximum absolute atomic E-state index is 6.59. The van der Waals surface area contributed by atoms with Gasteiger partial charge < -0.3 is 25.0 Å². The van der Waals surface area contributed by atoms with Crippen molar-refractivity contribution >= 4 is 17.3 Å². The molecule has 0 bridgehead atoms. The second-order valence-electron chi connectivity index (χ2n) is 9.85. The van der Waals surface area contributed by atoms with Crippen molar-refractivity contribution in [2.24, 2.45) is 0 Å². The predicted molar refractivity (Wildman–Crippen MR) is 132 cm³/mol. The molecule has 5 heterocycles. The van der Waals surface area contributed by atoms with Crippen LogP contribution in [-0.2, 0) is 10.3 Å². The third-order valence-corrected chi connectivity index (χ3v) is 6.89. The van der Waals surface area contributed by atoms with Crippen LogP contribution in [0.5, 0.6) is 5.88 Å². The van der Waals surface area contributed by atoms with Gasteiger partial charge in [0.2, 0.25) is 11.8 Å². The highest BCUT2D eigenvalue weighted by Gasteiger charge is 2.49. The zero-order chi connectivity index (χ0) is 23.2. The van der Waals surface area contributed by atoms with Gasteiger partial charge in [-0.05, 0) is 50.2 Å². The number of anilines is 3. The SMILES string of the molecule is CC1(C)C[C@]2(CCO1)Oc1ncccc1-c1cnc(Nc3ccc(N4CCNCC4)cc3)nc12. The fraction of sp³-hybridized carbons (Fsp3) is 0.423. The molecule has 0 saturated carbocycles. The number of benzene rings is 1. The lowest BCUT2D eigenvalue weighted by Crippen LogP contribution is -2.49. The average Bonchev–Trinajstić information content (AvgIpc) is 2.85. The smallest absolute Gasteiger partial charge is 0.227 e. The number of pyridine rings is 1. The zero-order valence-electron chi connectivity index (χ0n) is 19.7. The lowest BCUT2D eigenvalue weighted by Gasteiger charge is -2.46. The van der Waals surface area contributed by atoms with E-state index in [1.54, 1.807) is 6.20 Å². The number of aromatic nitrogens is 3. The Morgan fingerprint density at radius 1 is 1.03 bits per heavy atom. The van der Waals surface area contributed by atoms with Crippen molar-refractivity contribution in [2.45, 2.75) is 37.9 Å². The first-order valence-corrected chi connectivity index (χ1v) is 12.0. The van der Waals surface area contributed by atoms with Crippen LogP contribution in [0.4, 0.5) is 17.3 Å². The Morgan fingerprint density at radius 3 is 2.65 bits per heavy atom. The van der Waals surface area contributed by atoms with E-state index in [1.807, 2.05) is 18.3 Å². The zero-order valence-corrected chi connectivity index (χ0v) is 19.7. The number of nitrogens with zero attached hydrogens (tertiary/aromatic N) is 4. The van der Waals surface area contributed by atoms with Crippen LogP contribution in [0.15, 0.2) is 48.8 Å². The summed E-state index contributed by atoms with van der Waals surface area (Å²) in [6.45, 7) is 8.91. The molecule has 8 nitrogen and oxygen atoms in total. The molecule has 1 aromatic carbocycles. The minimum Gasteiger partial charge on any atom is -0.464 e. The average molecular weight is 459 g/mol. The molecule has 0 amide bonds. The van der Waals surface area contributed by atoms with Crippen molar-refractivity contribution < 1.29 is 9.47 Å². The van der Waals surface area contributed by atoms with Crippen molar-refractivity contribution in [1.29, 1.82) is 0 Å². The Bertz CT molecular complexity index is 1190. The molecule has 0 radical (unpaired) electrons. The minimum atomic E-state index is -0.593. The van der Waals surface area contributed by atoms with Crippen LogP contribution < -0.4 is 20.3 Å². The van der Waals surface area contributed by atoms with Gasteiger partial charge in [0.25, 0.3) is 0 Å². The van der Waals surface area contributed by atoms with E-state index in [0.29, 0.717) is 24.9 Å². The number of rotatable bonds is 3. The second kappa shape index (κ2) is 8.21. The van der Waals surface area contributed by atoms with Gasteiger partial charge in [-0.1, -0.05) is 0 Å². The fourth-order valence-electron chi connectivity index (χ4n) is 5.31. The molecule has 2 saturated heterocycles. The predicted octanol–water partition coefficient (Wildman–Crippen LogP) is 3.87. The summed E-state index contributed by atoms with van der Waals surface area (Å²) in [5.74, 6) is 1.20. The van der Waals surface area contributed by atoms with Gasteiger partial charge >= 0.3 is 0 Å². The van der Waals surface area contributed by atoms with Gasteiger partial charge in [-0.3, -0.25) is 0 Å².